The molecule has 0 radical (unpaired) electrons. The lowest BCUT2D eigenvalue weighted by Crippen LogP contribution is -2.01. The molecule has 0 aliphatic rings. The van der Waals surface area contributed by atoms with Crippen LogP contribution in [-0.4, -0.2) is 29.9 Å². The van der Waals surface area contributed by atoms with Gasteiger partial charge in [0.05, 0.1) is 11.2 Å². The van der Waals surface area contributed by atoms with Gasteiger partial charge in [0.25, 0.3) is 0 Å². The zero-order valence-corrected chi connectivity index (χ0v) is 22.4. The van der Waals surface area contributed by atoms with Crippen molar-refractivity contribution in [1.82, 2.24) is 29.9 Å². The number of fused-ring (bicyclic) bond motifs is 3. The van der Waals surface area contributed by atoms with Crippen molar-refractivity contribution >= 4 is 32.4 Å². The first-order chi connectivity index (χ1) is 20.8. The fourth-order valence-corrected chi connectivity index (χ4v) is 5.33. The zero-order chi connectivity index (χ0) is 27.9. The lowest BCUT2D eigenvalue weighted by atomic mass is 10.0. The average molecular weight is 539 g/mol. The van der Waals surface area contributed by atoms with Crippen molar-refractivity contribution in [1.29, 1.82) is 0 Å². The zero-order valence-electron chi connectivity index (χ0n) is 22.4. The van der Waals surface area contributed by atoms with Crippen molar-refractivity contribution in [2.75, 3.05) is 0 Å². The minimum Gasteiger partial charge on any atom is -0.264 e. The van der Waals surface area contributed by atoms with E-state index < -0.39 is 0 Å². The van der Waals surface area contributed by atoms with Gasteiger partial charge in [0, 0.05) is 63.2 Å². The second-order valence-electron chi connectivity index (χ2n) is 10.1. The number of nitrogens with zero attached hydrogens (tertiary/aromatic N) is 6. The topological polar surface area (TPSA) is 77.3 Å². The van der Waals surface area contributed by atoms with E-state index in [0.29, 0.717) is 17.5 Å². The molecule has 6 heteroatoms. The second-order valence-corrected chi connectivity index (χ2v) is 10.1. The highest BCUT2D eigenvalue weighted by Gasteiger charge is 2.15. The van der Waals surface area contributed by atoms with Gasteiger partial charge in [-0.05, 0) is 47.2 Å². The van der Waals surface area contributed by atoms with Gasteiger partial charge in [-0.1, -0.05) is 72.8 Å². The molecule has 8 rings (SSSR count). The van der Waals surface area contributed by atoms with Crippen LogP contribution in [0.3, 0.4) is 0 Å². The van der Waals surface area contributed by atoms with Crippen molar-refractivity contribution in [3.63, 3.8) is 0 Å². The van der Waals surface area contributed by atoms with Crippen LogP contribution in [-0.2, 0) is 0 Å². The van der Waals surface area contributed by atoms with Crippen LogP contribution in [0.1, 0.15) is 0 Å². The third-order valence-corrected chi connectivity index (χ3v) is 7.45. The van der Waals surface area contributed by atoms with Gasteiger partial charge in [-0.15, -0.1) is 0 Å². The fourth-order valence-electron chi connectivity index (χ4n) is 5.33. The van der Waals surface area contributed by atoms with Crippen LogP contribution < -0.4 is 0 Å². The molecule has 0 spiro atoms. The Bertz CT molecular complexity index is 2170. The van der Waals surface area contributed by atoms with E-state index in [-0.39, 0.29) is 0 Å². The Hall–Kier alpha value is -5.88. The molecule has 0 saturated carbocycles. The van der Waals surface area contributed by atoms with E-state index >= 15 is 0 Å². The summed E-state index contributed by atoms with van der Waals surface area (Å²) in [6, 6.07) is 36.8. The smallest absolute Gasteiger partial charge is 0.165 e. The number of hydrogen-bond acceptors (Lipinski definition) is 6. The number of pyridine rings is 3. The molecule has 42 heavy (non-hydrogen) atoms. The predicted molar refractivity (Wildman–Crippen MR) is 167 cm³/mol. The van der Waals surface area contributed by atoms with Gasteiger partial charge in [0.1, 0.15) is 0 Å². The number of para-hydroxylation sites is 1. The molecule has 0 aliphatic heterocycles. The van der Waals surface area contributed by atoms with Crippen molar-refractivity contribution < 1.29 is 0 Å². The standard InChI is InChI=1S/C36H22N6/c1-3-10-31-23(6-1)15-17-38-33(31)26-8-5-9-27(20-26)34-40-35(28-12-13-29-21-37-16-14-24(29)18-28)42-36(41-34)30-19-25-7-2-4-11-32(25)39-22-30/h1-22H. The van der Waals surface area contributed by atoms with E-state index in [9.17, 15) is 0 Å². The highest BCUT2D eigenvalue weighted by molar-refractivity contribution is 5.95. The van der Waals surface area contributed by atoms with Crippen LogP contribution in [0, 0.1) is 0 Å². The molecule has 0 aliphatic carbocycles. The third kappa shape index (κ3) is 4.32. The SMILES string of the molecule is c1cc(-c2nc(-c3ccc4cnccc4c3)nc(-c3cnc4ccccc4c3)n2)cc(-c2nccc3ccccc23)c1. The summed E-state index contributed by atoms with van der Waals surface area (Å²) in [6.45, 7) is 0. The molecule has 0 bridgehead atoms. The second kappa shape index (κ2) is 9.94. The lowest BCUT2D eigenvalue weighted by molar-refractivity contribution is 1.07. The molecule has 0 unspecified atom stereocenters. The molecule has 8 aromatic rings. The van der Waals surface area contributed by atoms with Gasteiger partial charge >= 0.3 is 0 Å². The summed E-state index contributed by atoms with van der Waals surface area (Å²) in [4.78, 5) is 28.6. The number of hydrogen-bond donors (Lipinski definition) is 0. The van der Waals surface area contributed by atoms with Crippen molar-refractivity contribution in [3.8, 4) is 45.4 Å². The highest BCUT2D eigenvalue weighted by Crippen LogP contribution is 2.31. The molecule has 0 amide bonds. The number of aromatic nitrogens is 6. The maximum atomic E-state index is 4.99. The van der Waals surface area contributed by atoms with Gasteiger partial charge in [-0.2, -0.15) is 0 Å². The largest absolute Gasteiger partial charge is 0.264 e. The Morgan fingerprint density at radius 3 is 2.02 bits per heavy atom. The predicted octanol–water partition coefficient (Wildman–Crippen LogP) is 8.18. The number of rotatable bonds is 4. The molecule has 0 N–H and O–H groups in total. The molecule has 4 aromatic heterocycles. The third-order valence-electron chi connectivity index (χ3n) is 7.45. The number of benzene rings is 4. The summed E-state index contributed by atoms with van der Waals surface area (Å²) in [5.74, 6) is 1.74. The molecule has 0 atom stereocenters. The molecular weight excluding hydrogens is 516 g/mol. The first-order valence-electron chi connectivity index (χ1n) is 13.7. The summed E-state index contributed by atoms with van der Waals surface area (Å²) in [5, 5.41) is 5.41. The Labute approximate surface area is 241 Å². The van der Waals surface area contributed by atoms with Crippen LogP contribution in [0.2, 0.25) is 0 Å². The minimum atomic E-state index is 0.566. The van der Waals surface area contributed by atoms with Gasteiger partial charge in [0.2, 0.25) is 0 Å². The van der Waals surface area contributed by atoms with E-state index in [0.717, 1.165) is 60.4 Å². The Morgan fingerprint density at radius 2 is 1.12 bits per heavy atom. The normalized spacial score (nSPS) is 11.3. The minimum absolute atomic E-state index is 0.566. The van der Waals surface area contributed by atoms with Crippen molar-refractivity contribution in [2.24, 2.45) is 0 Å². The molecule has 6 nitrogen and oxygen atoms in total. The van der Waals surface area contributed by atoms with Crippen molar-refractivity contribution in [3.05, 3.63) is 134 Å². The molecule has 0 fully saturated rings. The summed E-state index contributed by atoms with van der Waals surface area (Å²) >= 11 is 0. The Morgan fingerprint density at radius 1 is 0.405 bits per heavy atom. The average Bonchev–Trinajstić information content (AvgIpc) is 3.07. The molecule has 4 heterocycles. The summed E-state index contributed by atoms with van der Waals surface area (Å²) in [6.07, 6.45) is 7.33. The maximum absolute atomic E-state index is 4.99. The molecule has 196 valence electrons. The highest BCUT2D eigenvalue weighted by atomic mass is 15.0. The van der Waals surface area contributed by atoms with Crippen LogP contribution in [0.25, 0.3) is 77.9 Å². The van der Waals surface area contributed by atoms with E-state index in [1.54, 1.807) is 6.20 Å². The van der Waals surface area contributed by atoms with E-state index in [2.05, 4.69) is 46.4 Å². The lowest BCUT2D eigenvalue weighted by Gasteiger charge is -2.11. The Balaban J connectivity index is 1.32. The molecular formula is C36H22N6. The quantitative estimate of drug-likeness (QED) is 0.225. The van der Waals surface area contributed by atoms with Crippen LogP contribution in [0.15, 0.2) is 134 Å². The van der Waals surface area contributed by atoms with E-state index in [4.69, 9.17) is 19.9 Å². The van der Waals surface area contributed by atoms with E-state index in [1.807, 2.05) is 91.4 Å². The van der Waals surface area contributed by atoms with Gasteiger partial charge < -0.3 is 0 Å². The van der Waals surface area contributed by atoms with Crippen LogP contribution >= 0.6 is 0 Å². The first-order valence-corrected chi connectivity index (χ1v) is 13.7. The van der Waals surface area contributed by atoms with E-state index in [1.165, 1.54) is 0 Å². The Kier molecular flexibility index (Phi) is 5.67. The maximum Gasteiger partial charge on any atom is 0.165 e. The molecule has 0 saturated heterocycles. The van der Waals surface area contributed by atoms with Gasteiger partial charge in [-0.25, -0.2) is 15.0 Å². The van der Waals surface area contributed by atoms with Crippen LogP contribution in [0.4, 0.5) is 0 Å². The van der Waals surface area contributed by atoms with Gasteiger partial charge in [0.15, 0.2) is 17.5 Å². The monoisotopic (exact) mass is 538 g/mol. The summed E-state index contributed by atoms with van der Waals surface area (Å²) in [5.41, 5.74) is 5.46. The van der Waals surface area contributed by atoms with Crippen LogP contribution in [0.5, 0.6) is 0 Å². The summed E-state index contributed by atoms with van der Waals surface area (Å²) in [7, 11) is 0. The molecule has 4 aromatic carbocycles. The fraction of sp³-hybridized carbons (Fsp3) is 0. The summed E-state index contributed by atoms with van der Waals surface area (Å²) < 4.78 is 0. The van der Waals surface area contributed by atoms with Crippen molar-refractivity contribution in [2.45, 2.75) is 0 Å². The first kappa shape index (κ1) is 24.0. The van der Waals surface area contributed by atoms with Gasteiger partial charge in [-0.3, -0.25) is 15.0 Å².